The summed E-state index contributed by atoms with van der Waals surface area (Å²) in [6, 6.07) is 11.2. The number of fused-ring (bicyclic) bond motifs is 1. The Kier molecular flexibility index (Phi) is 3.93. The Balaban J connectivity index is 2.19. The molecule has 0 aliphatic heterocycles. The molecule has 2 nitrogen and oxygen atoms in total. The van der Waals surface area contributed by atoms with Gasteiger partial charge in [0, 0.05) is 18.5 Å². The molecular formula is C21H25N2+. The van der Waals surface area contributed by atoms with Crippen molar-refractivity contribution in [3.8, 4) is 11.3 Å². The van der Waals surface area contributed by atoms with Gasteiger partial charge in [0.15, 0.2) is 6.20 Å². The maximum Gasteiger partial charge on any atom is 0.220 e. The van der Waals surface area contributed by atoms with Crippen molar-refractivity contribution in [3.05, 3.63) is 60.0 Å². The molecule has 23 heavy (non-hydrogen) atoms. The summed E-state index contributed by atoms with van der Waals surface area (Å²) in [5.41, 5.74) is 5.41. The molecule has 0 spiro atoms. The molecule has 2 heterocycles. The average Bonchev–Trinajstić information content (AvgIpc) is 2.47. The first-order valence-electron chi connectivity index (χ1n) is 8.17. The standard InChI is InChI=1S/C21H25N2/c1-15-14-22-10-8-18(15)20-19-7-6-16(13-21(2,3)4)12-17(19)9-11-23(20)5/h6-12,14H,13H2,1-5H3/q+1. The number of pyridine rings is 2. The van der Waals surface area contributed by atoms with Crippen LogP contribution in [0.1, 0.15) is 31.9 Å². The molecule has 0 bridgehead atoms. The van der Waals surface area contributed by atoms with Crippen LogP contribution in [0.5, 0.6) is 0 Å². The van der Waals surface area contributed by atoms with Gasteiger partial charge in [-0.15, -0.1) is 0 Å². The molecule has 0 saturated carbocycles. The molecule has 0 saturated heterocycles. The topological polar surface area (TPSA) is 16.8 Å². The number of aromatic nitrogens is 2. The van der Waals surface area contributed by atoms with E-state index in [1.807, 2.05) is 12.4 Å². The van der Waals surface area contributed by atoms with Gasteiger partial charge in [0.05, 0.1) is 10.9 Å². The molecule has 3 rings (SSSR count). The molecule has 0 aliphatic carbocycles. The van der Waals surface area contributed by atoms with Crippen molar-refractivity contribution >= 4 is 10.8 Å². The van der Waals surface area contributed by atoms with Crippen LogP contribution in [0.25, 0.3) is 22.0 Å². The molecule has 0 fully saturated rings. The monoisotopic (exact) mass is 305 g/mol. The zero-order chi connectivity index (χ0) is 16.6. The van der Waals surface area contributed by atoms with Gasteiger partial charge in [0.25, 0.3) is 0 Å². The molecule has 0 atom stereocenters. The number of hydrogen-bond donors (Lipinski definition) is 0. The number of hydrogen-bond acceptors (Lipinski definition) is 1. The van der Waals surface area contributed by atoms with Crippen molar-refractivity contribution in [2.75, 3.05) is 0 Å². The Labute approximate surface area is 138 Å². The fourth-order valence-electron chi connectivity index (χ4n) is 3.22. The van der Waals surface area contributed by atoms with Crippen LogP contribution in [0.15, 0.2) is 48.9 Å². The van der Waals surface area contributed by atoms with Crippen molar-refractivity contribution in [2.24, 2.45) is 12.5 Å². The van der Waals surface area contributed by atoms with E-state index in [-0.39, 0.29) is 0 Å². The first kappa shape index (κ1) is 15.7. The molecule has 3 aromatic rings. The molecule has 0 radical (unpaired) electrons. The molecule has 2 aromatic heterocycles. The minimum Gasteiger partial charge on any atom is -0.264 e. The summed E-state index contributed by atoms with van der Waals surface area (Å²) in [5.74, 6) is 0. The van der Waals surface area contributed by atoms with E-state index in [0.717, 1.165) is 6.42 Å². The normalized spacial score (nSPS) is 11.9. The van der Waals surface area contributed by atoms with Crippen molar-refractivity contribution in [1.82, 2.24) is 4.98 Å². The van der Waals surface area contributed by atoms with E-state index >= 15 is 0 Å². The second kappa shape index (κ2) is 5.77. The fraction of sp³-hybridized carbons (Fsp3) is 0.333. The van der Waals surface area contributed by atoms with E-state index in [1.54, 1.807) is 0 Å². The van der Waals surface area contributed by atoms with Gasteiger partial charge >= 0.3 is 0 Å². The molecule has 118 valence electrons. The summed E-state index contributed by atoms with van der Waals surface area (Å²) in [4.78, 5) is 4.23. The minimum absolute atomic E-state index is 0.303. The number of benzene rings is 1. The van der Waals surface area contributed by atoms with Gasteiger partial charge in [-0.2, -0.15) is 0 Å². The maximum absolute atomic E-state index is 4.23. The molecule has 0 N–H and O–H groups in total. The van der Waals surface area contributed by atoms with Gasteiger partial charge in [0.1, 0.15) is 7.05 Å². The van der Waals surface area contributed by atoms with Gasteiger partial charge in [-0.25, -0.2) is 4.57 Å². The Morgan fingerprint density at radius 1 is 1.09 bits per heavy atom. The van der Waals surface area contributed by atoms with Crippen LogP contribution in [0, 0.1) is 12.3 Å². The van der Waals surface area contributed by atoms with Crippen LogP contribution >= 0.6 is 0 Å². The van der Waals surface area contributed by atoms with Crippen molar-refractivity contribution < 1.29 is 4.57 Å². The zero-order valence-corrected chi connectivity index (χ0v) is 14.7. The van der Waals surface area contributed by atoms with Crippen molar-refractivity contribution in [2.45, 2.75) is 34.1 Å². The second-order valence-corrected chi connectivity index (χ2v) is 7.62. The van der Waals surface area contributed by atoms with Crippen LogP contribution < -0.4 is 4.57 Å². The Bertz CT molecular complexity index is 857. The predicted octanol–water partition coefficient (Wildman–Crippen LogP) is 4.62. The lowest BCUT2D eigenvalue weighted by molar-refractivity contribution is -0.659. The van der Waals surface area contributed by atoms with E-state index in [9.17, 15) is 0 Å². The van der Waals surface area contributed by atoms with E-state index in [4.69, 9.17) is 0 Å². The van der Waals surface area contributed by atoms with Crippen LogP contribution in [0.4, 0.5) is 0 Å². The van der Waals surface area contributed by atoms with Crippen LogP contribution in [-0.4, -0.2) is 4.98 Å². The van der Waals surface area contributed by atoms with E-state index in [1.165, 1.54) is 33.2 Å². The smallest absolute Gasteiger partial charge is 0.220 e. The lowest BCUT2D eigenvalue weighted by Gasteiger charge is -2.18. The van der Waals surface area contributed by atoms with Gasteiger partial charge in [-0.05, 0) is 47.4 Å². The number of nitrogens with zero attached hydrogens (tertiary/aromatic N) is 2. The van der Waals surface area contributed by atoms with E-state index < -0.39 is 0 Å². The molecule has 1 aromatic carbocycles. The predicted molar refractivity (Wildman–Crippen MR) is 96.3 cm³/mol. The van der Waals surface area contributed by atoms with Crippen LogP contribution in [0.3, 0.4) is 0 Å². The minimum atomic E-state index is 0.303. The first-order chi connectivity index (χ1) is 10.8. The second-order valence-electron chi connectivity index (χ2n) is 7.62. The van der Waals surface area contributed by atoms with Crippen molar-refractivity contribution in [1.29, 1.82) is 0 Å². The SMILES string of the molecule is Cc1cnccc1-c1c2ccc(CC(C)(C)C)cc2cc[n+]1C. The molecule has 2 heteroatoms. The Hall–Kier alpha value is -2.22. The quantitative estimate of drug-likeness (QED) is 0.631. The third-order valence-electron chi connectivity index (χ3n) is 4.21. The van der Waals surface area contributed by atoms with Gasteiger partial charge < -0.3 is 0 Å². The average molecular weight is 305 g/mol. The van der Waals surface area contributed by atoms with E-state index in [2.05, 4.69) is 80.8 Å². The highest BCUT2D eigenvalue weighted by molar-refractivity contribution is 5.93. The summed E-state index contributed by atoms with van der Waals surface area (Å²) in [6.07, 6.45) is 7.04. The highest BCUT2D eigenvalue weighted by atomic mass is 14.9. The highest BCUT2D eigenvalue weighted by Gasteiger charge is 2.18. The Morgan fingerprint density at radius 3 is 2.57 bits per heavy atom. The highest BCUT2D eigenvalue weighted by Crippen LogP contribution is 2.29. The number of rotatable bonds is 2. The summed E-state index contributed by atoms with van der Waals surface area (Å²) in [5, 5.41) is 2.60. The lowest BCUT2D eigenvalue weighted by atomic mass is 9.87. The van der Waals surface area contributed by atoms with Gasteiger partial charge in [-0.3, -0.25) is 4.98 Å². The van der Waals surface area contributed by atoms with E-state index in [0.29, 0.717) is 5.41 Å². The zero-order valence-electron chi connectivity index (χ0n) is 14.7. The van der Waals surface area contributed by atoms with Crippen LogP contribution in [0.2, 0.25) is 0 Å². The number of aryl methyl sites for hydroxylation is 2. The summed E-state index contributed by atoms with van der Waals surface area (Å²) in [6.45, 7) is 8.98. The summed E-state index contributed by atoms with van der Waals surface area (Å²) in [7, 11) is 2.11. The molecular weight excluding hydrogens is 280 g/mol. The lowest BCUT2D eigenvalue weighted by Crippen LogP contribution is -2.30. The fourth-order valence-corrected chi connectivity index (χ4v) is 3.22. The van der Waals surface area contributed by atoms with Gasteiger partial charge in [0.2, 0.25) is 5.69 Å². The van der Waals surface area contributed by atoms with Crippen molar-refractivity contribution in [3.63, 3.8) is 0 Å². The van der Waals surface area contributed by atoms with Crippen LogP contribution in [-0.2, 0) is 13.5 Å². The van der Waals surface area contributed by atoms with Gasteiger partial charge in [-0.1, -0.05) is 32.9 Å². The third kappa shape index (κ3) is 3.26. The Morgan fingerprint density at radius 2 is 1.87 bits per heavy atom. The summed E-state index contributed by atoms with van der Waals surface area (Å²) < 4.78 is 2.20. The maximum atomic E-state index is 4.23. The largest absolute Gasteiger partial charge is 0.264 e. The molecule has 0 unspecified atom stereocenters. The first-order valence-corrected chi connectivity index (χ1v) is 8.17. The third-order valence-corrected chi connectivity index (χ3v) is 4.21. The summed E-state index contributed by atoms with van der Waals surface area (Å²) >= 11 is 0. The molecule has 0 amide bonds. The molecule has 0 aliphatic rings.